The van der Waals surface area contributed by atoms with Gasteiger partial charge in [0.05, 0.1) is 0 Å². The molecule has 0 spiro atoms. The fourth-order valence-corrected chi connectivity index (χ4v) is 4.23. The standard InChI is InChI=1S/C11H20O2S2/c1-2-3-4-5-7-10(12)11(13)14-8-6-9-15-11/h13H,2-9H2,1H3. The Bertz CT molecular complexity index is 201. The Morgan fingerprint density at radius 1 is 1.27 bits per heavy atom. The first kappa shape index (κ1) is 13.4. The van der Waals surface area contributed by atoms with Crippen LogP contribution in [0.2, 0.25) is 0 Å². The molecular weight excluding hydrogens is 228 g/mol. The first-order valence-corrected chi connectivity index (χ1v) is 7.70. The van der Waals surface area contributed by atoms with E-state index < -0.39 is 4.27 Å². The first-order chi connectivity index (χ1) is 7.19. The highest BCUT2D eigenvalue weighted by Crippen LogP contribution is 2.41. The summed E-state index contributed by atoms with van der Waals surface area (Å²) in [7, 11) is 0. The number of ketones is 1. The van der Waals surface area contributed by atoms with Crippen LogP contribution in [0, 0.1) is 0 Å². The second-order valence-corrected chi connectivity index (χ2v) is 6.70. The Hall–Kier alpha value is 0.330. The van der Waals surface area contributed by atoms with E-state index in [4.69, 9.17) is 0 Å². The zero-order chi connectivity index (χ0) is 11.1. The molecule has 4 heteroatoms. The summed E-state index contributed by atoms with van der Waals surface area (Å²) < 4.78 is -1.12. The van der Waals surface area contributed by atoms with Crippen molar-refractivity contribution in [2.75, 3.05) is 11.5 Å². The maximum absolute atomic E-state index is 11.8. The third kappa shape index (κ3) is 4.37. The lowest BCUT2D eigenvalue weighted by molar-refractivity contribution is -0.124. The highest BCUT2D eigenvalue weighted by molar-refractivity contribution is 8.19. The number of carbonyl (C=O) groups excluding carboxylic acids is 1. The van der Waals surface area contributed by atoms with Crippen LogP contribution in [-0.4, -0.2) is 26.7 Å². The van der Waals surface area contributed by atoms with E-state index in [9.17, 15) is 9.90 Å². The van der Waals surface area contributed by atoms with Gasteiger partial charge in [-0.05, 0) is 24.3 Å². The third-order valence-electron chi connectivity index (χ3n) is 2.49. The van der Waals surface area contributed by atoms with Crippen LogP contribution in [0.25, 0.3) is 0 Å². The van der Waals surface area contributed by atoms with E-state index in [1.54, 1.807) is 0 Å². The summed E-state index contributed by atoms with van der Waals surface area (Å²) in [6.07, 6.45) is 6.04. The number of unbranched alkanes of at least 4 members (excludes halogenated alkanes) is 3. The van der Waals surface area contributed by atoms with Gasteiger partial charge in [0, 0.05) is 6.42 Å². The fraction of sp³-hybridized carbons (Fsp3) is 0.909. The zero-order valence-electron chi connectivity index (χ0n) is 9.33. The Balaban J connectivity index is 2.25. The Morgan fingerprint density at radius 3 is 2.53 bits per heavy atom. The van der Waals surface area contributed by atoms with Crippen LogP contribution in [0.15, 0.2) is 0 Å². The summed E-state index contributed by atoms with van der Waals surface area (Å²) in [5, 5.41) is 10.1. The van der Waals surface area contributed by atoms with Gasteiger partial charge in [0.1, 0.15) is 0 Å². The number of hydrogen-bond acceptors (Lipinski definition) is 4. The van der Waals surface area contributed by atoms with Crippen LogP contribution >= 0.6 is 23.5 Å². The summed E-state index contributed by atoms with van der Waals surface area (Å²) in [6.45, 7) is 2.15. The van der Waals surface area contributed by atoms with Crippen LogP contribution in [-0.2, 0) is 4.79 Å². The number of thioether (sulfide) groups is 2. The second-order valence-electron chi connectivity index (χ2n) is 3.87. The molecule has 1 rings (SSSR count). The molecule has 15 heavy (non-hydrogen) atoms. The van der Waals surface area contributed by atoms with Gasteiger partial charge in [0.25, 0.3) is 0 Å². The van der Waals surface area contributed by atoms with Gasteiger partial charge < -0.3 is 5.11 Å². The van der Waals surface area contributed by atoms with Gasteiger partial charge in [0.15, 0.2) is 5.78 Å². The maximum atomic E-state index is 11.8. The lowest BCUT2D eigenvalue weighted by Gasteiger charge is -2.28. The average Bonchev–Trinajstić information content (AvgIpc) is 2.25. The number of Topliss-reactive ketones (excluding diaryl/α,β-unsaturated/α-hetero) is 1. The van der Waals surface area contributed by atoms with Gasteiger partial charge in [-0.2, -0.15) is 0 Å². The quantitative estimate of drug-likeness (QED) is 0.733. The summed E-state index contributed by atoms with van der Waals surface area (Å²) >= 11 is 2.81. The topological polar surface area (TPSA) is 37.3 Å². The SMILES string of the molecule is CCCCCCC(=O)C1(O)SCCCS1. The van der Waals surface area contributed by atoms with Crippen molar-refractivity contribution in [2.24, 2.45) is 0 Å². The van der Waals surface area contributed by atoms with E-state index in [1.807, 2.05) is 0 Å². The molecule has 0 atom stereocenters. The predicted molar refractivity (Wildman–Crippen MR) is 68.2 cm³/mol. The smallest absolute Gasteiger partial charge is 0.217 e. The summed E-state index contributed by atoms with van der Waals surface area (Å²) in [6, 6.07) is 0. The molecule has 1 saturated heterocycles. The van der Waals surface area contributed by atoms with Crippen LogP contribution in [0.1, 0.15) is 45.4 Å². The molecule has 0 bridgehead atoms. The van der Waals surface area contributed by atoms with Crippen LogP contribution in [0.3, 0.4) is 0 Å². The van der Waals surface area contributed by atoms with Crippen LogP contribution in [0.5, 0.6) is 0 Å². The van der Waals surface area contributed by atoms with Crippen LogP contribution in [0.4, 0.5) is 0 Å². The molecule has 0 amide bonds. The molecule has 0 saturated carbocycles. The number of rotatable bonds is 6. The molecule has 1 aliphatic heterocycles. The summed E-state index contributed by atoms with van der Waals surface area (Å²) in [5.74, 6) is 1.84. The highest BCUT2D eigenvalue weighted by Gasteiger charge is 2.37. The normalized spacial score (nSPS) is 20.1. The highest BCUT2D eigenvalue weighted by atomic mass is 32.2. The van der Waals surface area contributed by atoms with E-state index in [-0.39, 0.29) is 5.78 Å². The Morgan fingerprint density at radius 2 is 1.93 bits per heavy atom. The van der Waals surface area contributed by atoms with E-state index in [2.05, 4.69) is 6.92 Å². The van der Waals surface area contributed by atoms with Gasteiger partial charge in [-0.25, -0.2) is 0 Å². The van der Waals surface area contributed by atoms with Gasteiger partial charge in [-0.1, -0.05) is 26.2 Å². The lowest BCUT2D eigenvalue weighted by atomic mass is 10.1. The van der Waals surface area contributed by atoms with Gasteiger partial charge in [-0.3, -0.25) is 4.79 Å². The minimum absolute atomic E-state index is 0.0216. The summed E-state index contributed by atoms with van der Waals surface area (Å²) in [4.78, 5) is 11.8. The molecule has 0 aliphatic carbocycles. The van der Waals surface area contributed by atoms with E-state index >= 15 is 0 Å². The van der Waals surface area contributed by atoms with Crippen molar-refractivity contribution in [2.45, 2.75) is 49.7 Å². The van der Waals surface area contributed by atoms with Gasteiger partial charge in [0.2, 0.25) is 4.27 Å². The van der Waals surface area contributed by atoms with Crippen molar-refractivity contribution in [3.05, 3.63) is 0 Å². The van der Waals surface area contributed by atoms with Crippen molar-refractivity contribution < 1.29 is 9.90 Å². The van der Waals surface area contributed by atoms with E-state index in [0.29, 0.717) is 6.42 Å². The lowest BCUT2D eigenvalue weighted by Crippen LogP contribution is -2.34. The molecule has 0 aromatic carbocycles. The molecule has 88 valence electrons. The largest absolute Gasteiger partial charge is 0.364 e. The van der Waals surface area contributed by atoms with Crippen molar-refractivity contribution >= 4 is 29.3 Å². The molecular formula is C11H20O2S2. The minimum Gasteiger partial charge on any atom is -0.364 e. The Labute approximate surface area is 101 Å². The molecule has 0 aromatic heterocycles. The van der Waals surface area contributed by atoms with Gasteiger partial charge >= 0.3 is 0 Å². The van der Waals surface area contributed by atoms with Gasteiger partial charge in [-0.15, -0.1) is 23.5 Å². The molecule has 2 nitrogen and oxygen atoms in total. The molecule has 0 radical (unpaired) electrons. The molecule has 1 N–H and O–H groups in total. The number of hydrogen-bond donors (Lipinski definition) is 1. The van der Waals surface area contributed by atoms with E-state index in [1.165, 1.54) is 36.4 Å². The van der Waals surface area contributed by atoms with Crippen molar-refractivity contribution in [1.29, 1.82) is 0 Å². The molecule has 0 aromatic rings. The molecule has 1 fully saturated rings. The monoisotopic (exact) mass is 248 g/mol. The summed E-state index contributed by atoms with van der Waals surface area (Å²) in [5.41, 5.74) is 0. The predicted octanol–water partition coefficient (Wildman–Crippen LogP) is 3.04. The van der Waals surface area contributed by atoms with Crippen molar-refractivity contribution in [3.8, 4) is 0 Å². The van der Waals surface area contributed by atoms with E-state index in [0.717, 1.165) is 30.8 Å². The third-order valence-corrected chi connectivity index (χ3v) is 5.42. The van der Waals surface area contributed by atoms with Crippen molar-refractivity contribution in [1.82, 2.24) is 0 Å². The number of carbonyl (C=O) groups is 1. The first-order valence-electron chi connectivity index (χ1n) is 5.72. The van der Waals surface area contributed by atoms with Crippen molar-refractivity contribution in [3.63, 3.8) is 0 Å². The molecule has 1 aliphatic rings. The molecule has 0 unspecified atom stereocenters. The number of aliphatic hydroxyl groups is 1. The Kier molecular flexibility index (Phi) is 6.09. The zero-order valence-corrected chi connectivity index (χ0v) is 11.0. The second kappa shape index (κ2) is 6.81. The molecule has 1 heterocycles. The minimum atomic E-state index is -1.12. The fourth-order valence-electron chi connectivity index (χ4n) is 1.55. The van der Waals surface area contributed by atoms with Crippen LogP contribution < -0.4 is 0 Å². The average molecular weight is 248 g/mol. The maximum Gasteiger partial charge on any atom is 0.217 e.